The molecule has 0 aliphatic carbocycles. The van der Waals surface area contributed by atoms with Gasteiger partial charge in [0.2, 0.25) is 0 Å². The zero-order chi connectivity index (χ0) is 12.9. The SMILES string of the molecule is CCCCCOC(=O)/C=C\C(=O)OCCCC. The third-order valence-electron chi connectivity index (χ3n) is 2.09. The van der Waals surface area contributed by atoms with Gasteiger partial charge in [-0.1, -0.05) is 33.1 Å². The Labute approximate surface area is 103 Å². The van der Waals surface area contributed by atoms with Crippen molar-refractivity contribution in [1.82, 2.24) is 0 Å². The molecule has 0 radical (unpaired) electrons. The van der Waals surface area contributed by atoms with Crippen LogP contribution in [0.5, 0.6) is 0 Å². The van der Waals surface area contributed by atoms with Gasteiger partial charge in [-0.25, -0.2) is 9.59 Å². The smallest absolute Gasteiger partial charge is 0.331 e. The molecule has 0 bridgehead atoms. The van der Waals surface area contributed by atoms with Gasteiger partial charge in [-0.2, -0.15) is 0 Å². The van der Waals surface area contributed by atoms with E-state index in [0.29, 0.717) is 13.2 Å². The summed E-state index contributed by atoms with van der Waals surface area (Å²) in [4.78, 5) is 22.2. The van der Waals surface area contributed by atoms with Crippen LogP contribution in [0.3, 0.4) is 0 Å². The molecule has 0 fully saturated rings. The molecule has 0 spiro atoms. The van der Waals surface area contributed by atoms with E-state index in [1.807, 2.05) is 6.92 Å². The van der Waals surface area contributed by atoms with Crippen molar-refractivity contribution in [2.45, 2.75) is 46.0 Å². The zero-order valence-corrected chi connectivity index (χ0v) is 10.7. The molecule has 0 aliphatic rings. The van der Waals surface area contributed by atoms with Gasteiger partial charge in [0.15, 0.2) is 0 Å². The molecule has 0 N–H and O–H groups in total. The van der Waals surface area contributed by atoms with Crippen LogP contribution in [0.25, 0.3) is 0 Å². The number of carbonyl (C=O) groups is 2. The van der Waals surface area contributed by atoms with E-state index in [2.05, 4.69) is 6.92 Å². The highest BCUT2D eigenvalue weighted by Gasteiger charge is 2.00. The largest absolute Gasteiger partial charge is 0.463 e. The van der Waals surface area contributed by atoms with E-state index in [1.54, 1.807) is 0 Å². The van der Waals surface area contributed by atoms with E-state index in [-0.39, 0.29) is 0 Å². The van der Waals surface area contributed by atoms with Crippen LogP contribution >= 0.6 is 0 Å². The van der Waals surface area contributed by atoms with Crippen LogP contribution in [-0.2, 0) is 19.1 Å². The monoisotopic (exact) mass is 242 g/mol. The summed E-state index contributed by atoms with van der Waals surface area (Å²) in [5.41, 5.74) is 0. The summed E-state index contributed by atoms with van der Waals surface area (Å²) in [5, 5.41) is 0. The molecule has 0 rings (SSSR count). The summed E-state index contributed by atoms with van der Waals surface area (Å²) in [7, 11) is 0. The van der Waals surface area contributed by atoms with Crippen LogP contribution in [0.15, 0.2) is 12.2 Å². The number of carbonyl (C=O) groups excluding carboxylic acids is 2. The second-order valence-corrected chi connectivity index (χ2v) is 3.73. The Kier molecular flexibility index (Phi) is 10.3. The van der Waals surface area contributed by atoms with Crippen molar-refractivity contribution < 1.29 is 19.1 Å². The van der Waals surface area contributed by atoms with Crippen molar-refractivity contribution >= 4 is 11.9 Å². The summed E-state index contributed by atoms with van der Waals surface area (Å²) < 4.78 is 9.73. The lowest BCUT2D eigenvalue weighted by Crippen LogP contribution is -2.06. The lowest BCUT2D eigenvalue weighted by molar-refractivity contribution is -0.140. The fourth-order valence-corrected chi connectivity index (χ4v) is 1.07. The van der Waals surface area contributed by atoms with Crippen LogP contribution in [0.2, 0.25) is 0 Å². The molecule has 0 amide bonds. The predicted molar refractivity (Wildman–Crippen MR) is 65.5 cm³/mol. The van der Waals surface area contributed by atoms with E-state index in [1.165, 1.54) is 0 Å². The fourth-order valence-electron chi connectivity index (χ4n) is 1.07. The normalized spacial score (nSPS) is 10.5. The maximum absolute atomic E-state index is 11.1. The highest BCUT2D eigenvalue weighted by Crippen LogP contribution is 1.95. The maximum Gasteiger partial charge on any atom is 0.331 e. The molecule has 17 heavy (non-hydrogen) atoms. The van der Waals surface area contributed by atoms with Gasteiger partial charge in [0.05, 0.1) is 13.2 Å². The van der Waals surface area contributed by atoms with Crippen LogP contribution < -0.4 is 0 Å². The van der Waals surface area contributed by atoms with Gasteiger partial charge in [-0.05, 0) is 12.8 Å². The minimum atomic E-state index is -0.496. The van der Waals surface area contributed by atoms with E-state index in [0.717, 1.165) is 44.3 Å². The molecule has 0 aromatic heterocycles. The first-order valence-electron chi connectivity index (χ1n) is 6.22. The van der Waals surface area contributed by atoms with Crippen LogP contribution in [0, 0.1) is 0 Å². The number of esters is 2. The minimum Gasteiger partial charge on any atom is -0.463 e. The van der Waals surface area contributed by atoms with Gasteiger partial charge in [0.25, 0.3) is 0 Å². The second kappa shape index (κ2) is 11.2. The Morgan fingerprint density at radius 2 is 1.29 bits per heavy atom. The van der Waals surface area contributed by atoms with Crippen molar-refractivity contribution in [3.8, 4) is 0 Å². The van der Waals surface area contributed by atoms with Crippen LogP contribution in [-0.4, -0.2) is 25.2 Å². The molecule has 0 aliphatic heterocycles. The fraction of sp³-hybridized carbons (Fsp3) is 0.692. The number of rotatable bonds is 9. The molecule has 0 aromatic rings. The first-order valence-corrected chi connectivity index (χ1v) is 6.22. The van der Waals surface area contributed by atoms with E-state index in [4.69, 9.17) is 9.47 Å². The van der Waals surface area contributed by atoms with Crippen molar-refractivity contribution in [3.05, 3.63) is 12.2 Å². The summed E-state index contributed by atoms with van der Waals surface area (Å²) >= 11 is 0. The first kappa shape index (κ1) is 15.7. The Balaban J connectivity index is 3.60. The molecule has 0 saturated carbocycles. The Hall–Kier alpha value is -1.32. The topological polar surface area (TPSA) is 52.6 Å². The van der Waals surface area contributed by atoms with Gasteiger partial charge >= 0.3 is 11.9 Å². The van der Waals surface area contributed by atoms with Crippen LogP contribution in [0.4, 0.5) is 0 Å². The Bertz CT molecular complexity index is 246. The van der Waals surface area contributed by atoms with Crippen molar-refractivity contribution in [3.63, 3.8) is 0 Å². The number of unbranched alkanes of at least 4 members (excludes halogenated alkanes) is 3. The third-order valence-corrected chi connectivity index (χ3v) is 2.09. The molecule has 0 atom stereocenters. The van der Waals surface area contributed by atoms with Crippen LogP contribution in [0.1, 0.15) is 46.0 Å². The molecule has 0 heterocycles. The summed E-state index contributed by atoms with van der Waals surface area (Å²) in [6.45, 7) is 4.89. The number of ether oxygens (including phenoxy) is 2. The van der Waals surface area contributed by atoms with E-state index in [9.17, 15) is 9.59 Å². The maximum atomic E-state index is 11.1. The Morgan fingerprint density at radius 3 is 1.76 bits per heavy atom. The van der Waals surface area contributed by atoms with Crippen molar-refractivity contribution in [1.29, 1.82) is 0 Å². The third kappa shape index (κ3) is 11.0. The highest BCUT2D eigenvalue weighted by atomic mass is 16.5. The van der Waals surface area contributed by atoms with Gasteiger partial charge in [0, 0.05) is 12.2 Å². The van der Waals surface area contributed by atoms with Crippen molar-refractivity contribution in [2.24, 2.45) is 0 Å². The molecular weight excluding hydrogens is 220 g/mol. The molecule has 4 heteroatoms. The van der Waals surface area contributed by atoms with Crippen molar-refractivity contribution in [2.75, 3.05) is 13.2 Å². The molecule has 0 aromatic carbocycles. The molecular formula is C13H22O4. The quantitative estimate of drug-likeness (QED) is 0.354. The molecule has 0 unspecified atom stereocenters. The average Bonchev–Trinajstić information content (AvgIpc) is 2.32. The number of hydrogen-bond donors (Lipinski definition) is 0. The molecule has 98 valence electrons. The Morgan fingerprint density at radius 1 is 0.824 bits per heavy atom. The summed E-state index contributed by atoms with van der Waals surface area (Å²) in [6, 6.07) is 0. The second-order valence-electron chi connectivity index (χ2n) is 3.73. The molecule has 4 nitrogen and oxygen atoms in total. The van der Waals surface area contributed by atoms with Gasteiger partial charge in [-0.3, -0.25) is 0 Å². The van der Waals surface area contributed by atoms with E-state index < -0.39 is 11.9 Å². The standard InChI is InChI=1S/C13H22O4/c1-3-5-7-11-17-13(15)9-8-12(14)16-10-6-4-2/h8-9H,3-7,10-11H2,1-2H3/b9-8-. The van der Waals surface area contributed by atoms with Gasteiger partial charge in [0.1, 0.15) is 0 Å². The number of hydrogen-bond acceptors (Lipinski definition) is 4. The van der Waals surface area contributed by atoms with E-state index >= 15 is 0 Å². The predicted octanol–water partition coefficient (Wildman–Crippen LogP) is 2.62. The minimum absolute atomic E-state index is 0.394. The van der Waals surface area contributed by atoms with Gasteiger partial charge < -0.3 is 9.47 Å². The summed E-state index contributed by atoms with van der Waals surface area (Å²) in [5.74, 6) is -0.988. The lowest BCUT2D eigenvalue weighted by Gasteiger charge is -2.01. The average molecular weight is 242 g/mol. The first-order chi connectivity index (χ1) is 8.20. The highest BCUT2D eigenvalue weighted by molar-refractivity contribution is 5.91. The summed E-state index contributed by atoms with van der Waals surface area (Å²) in [6.07, 6.45) is 7.00. The van der Waals surface area contributed by atoms with Gasteiger partial charge in [-0.15, -0.1) is 0 Å². The lowest BCUT2D eigenvalue weighted by atomic mass is 10.3. The zero-order valence-electron chi connectivity index (χ0n) is 10.7. The molecule has 0 saturated heterocycles.